The molecule has 0 amide bonds. The largest absolute Gasteiger partial charge is 0.347 e. The SMILES string of the molecule is CN(C)c1nc(-c2cc(F)cc3cccnc23)nn1Cc1ccccc1. The molecule has 5 nitrogen and oxygen atoms in total. The number of halogens is 1. The Labute approximate surface area is 150 Å². The van der Waals surface area contributed by atoms with Crippen LogP contribution in [-0.4, -0.2) is 33.8 Å². The summed E-state index contributed by atoms with van der Waals surface area (Å²) in [5, 5.41) is 5.38. The number of fused-ring (bicyclic) bond motifs is 1. The first-order valence-electron chi connectivity index (χ1n) is 8.32. The second kappa shape index (κ2) is 6.55. The number of anilines is 1. The number of rotatable bonds is 4. The van der Waals surface area contributed by atoms with Gasteiger partial charge in [-0.3, -0.25) is 4.98 Å². The number of hydrogen-bond acceptors (Lipinski definition) is 4. The molecular weight excluding hydrogens is 329 g/mol. The summed E-state index contributed by atoms with van der Waals surface area (Å²) in [4.78, 5) is 10.9. The lowest BCUT2D eigenvalue weighted by atomic mass is 10.1. The fourth-order valence-electron chi connectivity index (χ4n) is 2.97. The van der Waals surface area contributed by atoms with E-state index in [0.29, 0.717) is 29.4 Å². The molecule has 0 radical (unpaired) electrons. The monoisotopic (exact) mass is 347 g/mol. The molecule has 0 spiro atoms. The van der Waals surface area contributed by atoms with Crippen LogP contribution in [0.25, 0.3) is 22.3 Å². The van der Waals surface area contributed by atoms with Crippen molar-refractivity contribution in [2.24, 2.45) is 0 Å². The van der Waals surface area contributed by atoms with Gasteiger partial charge in [0.15, 0.2) is 5.82 Å². The van der Waals surface area contributed by atoms with E-state index in [1.165, 1.54) is 12.1 Å². The highest BCUT2D eigenvalue weighted by atomic mass is 19.1. The first kappa shape index (κ1) is 16.2. The van der Waals surface area contributed by atoms with Crippen LogP contribution in [0.2, 0.25) is 0 Å². The van der Waals surface area contributed by atoms with E-state index in [9.17, 15) is 4.39 Å². The third-order valence-corrected chi connectivity index (χ3v) is 4.14. The molecule has 0 bridgehead atoms. The van der Waals surface area contributed by atoms with Crippen LogP contribution in [0.1, 0.15) is 5.56 Å². The fraction of sp³-hybridized carbons (Fsp3) is 0.150. The average Bonchev–Trinajstić information content (AvgIpc) is 3.06. The van der Waals surface area contributed by atoms with Gasteiger partial charge in [0, 0.05) is 25.7 Å². The summed E-state index contributed by atoms with van der Waals surface area (Å²) in [6.45, 7) is 0.585. The van der Waals surface area contributed by atoms with Crippen molar-refractivity contribution in [2.75, 3.05) is 19.0 Å². The highest BCUT2D eigenvalue weighted by Gasteiger charge is 2.17. The third-order valence-electron chi connectivity index (χ3n) is 4.14. The summed E-state index contributed by atoms with van der Waals surface area (Å²) < 4.78 is 15.9. The van der Waals surface area contributed by atoms with E-state index < -0.39 is 0 Å². The van der Waals surface area contributed by atoms with E-state index in [2.05, 4.69) is 15.1 Å². The van der Waals surface area contributed by atoms with Crippen LogP contribution < -0.4 is 4.90 Å². The highest BCUT2D eigenvalue weighted by Crippen LogP contribution is 2.28. The molecule has 26 heavy (non-hydrogen) atoms. The molecule has 0 N–H and O–H groups in total. The molecule has 0 saturated heterocycles. The van der Waals surface area contributed by atoms with Gasteiger partial charge < -0.3 is 4.90 Å². The molecule has 0 atom stereocenters. The highest BCUT2D eigenvalue weighted by molar-refractivity contribution is 5.91. The van der Waals surface area contributed by atoms with Gasteiger partial charge >= 0.3 is 0 Å². The number of benzene rings is 2. The lowest BCUT2D eigenvalue weighted by Gasteiger charge is -2.12. The van der Waals surface area contributed by atoms with Crippen molar-refractivity contribution in [3.05, 3.63) is 72.2 Å². The van der Waals surface area contributed by atoms with E-state index in [1.54, 1.807) is 12.3 Å². The van der Waals surface area contributed by atoms with Crippen LogP contribution in [0.5, 0.6) is 0 Å². The van der Waals surface area contributed by atoms with Crippen LogP contribution >= 0.6 is 0 Å². The molecule has 2 aromatic heterocycles. The van der Waals surface area contributed by atoms with Crippen LogP contribution in [0, 0.1) is 5.82 Å². The van der Waals surface area contributed by atoms with Crippen molar-refractivity contribution in [2.45, 2.75) is 6.54 Å². The maximum atomic E-state index is 14.1. The van der Waals surface area contributed by atoms with Crippen molar-refractivity contribution in [1.29, 1.82) is 0 Å². The van der Waals surface area contributed by atoms with Crippen LogP contribution in [0.15, 0.2) is 60.8 Å². The van der Waals surface area contributed by atoms with Gasteiger partial charge in [0.1, 0.15) is 5.82 Å². The Kier molecular flexibility index (Phi) is 4.08. The van der Waals surface area contributed by atoms with Gasteiger partial charge in [-0.15, -0.1) is 5.10 Å². The quantitative estimate of drug-likeness (QED) is 0.564. The van der Waals surface area contributed by atoms with E-state index in [0.717, 1.165) is 10.9 Å². The van der Waals surface area contributed by atoms with E-state index in [4.69, 9.17) is 0 Å². The summed E-state index contributed by atoms with van der Waals surface area (Å²) in [6, 6.07) is 16.6. The molecule has 4 aromatic rings. The normalized spacial score (nSPS) is 11.0. The van der Waals surface area contributed by atoms with Crippen molar-refractivity contribution >= 4 is 16.9 Å². The zero-order valence-electron chi connectivity index (χ0n) is 14.6. The first-order valence-corrected chi connectivity index (χ1v) is 8.32. The Morgan fingerprint density at radius 2 is 1.85 bits per heavy atom. The van der Waals surface area contributed by atoms with Gasteiger partial charge in [0.05, 0.1) is 17.6 Å². The molecule has 6 heteroatoms. The summed E-state index contributed by atoms with van der Waals surface area (Å²) >= 11 is 0. The topological polar surface area (TPSA) is 46.8 Å². The van der Waals surface area contributed by atoms with E-state index in [-0.39, 0.29) is 5.82 Å². The Morgan fingerprint density at radius 3 is 2.62 bits per heavy atom. The van der Waals surface area contributed by atoms with Crippen molar-refractivity contribution in [3.63, 3.8) is 0 Å². The zero-order valence-corrected chi connectivity index (χ0v) is 14.6. The second-order valence-electron chi connectivity index (χ2n) is 6.30. The molecule has 2 heterocycles. The predicted molar refractivity (Wildman–Crippen MR) is 101 cm³/mol. The van der Waals surface area contributed by atoms with Crippen LogP contribution in [0.4, 0.5) is 10.3 Å². The van der Waals surface area contributed by atoms with Gasteiger partial charge in [-0.05, 0) is 23.8 Å². The van der Waals surface area contributed by atoms with Gasteiger partial charge in [0.25, 0.3) is 0 Å². The molecule has 0 fully saturated rings. The standard InChI is InChI=1S/C20H18FN5/c1-25(2)20-23-19(24-26(20)13-14-7-4-3-5-8-14)17-12-16(21)11-15-9-6-10-22-18(15)17/h3-12H,13H2,1-2H3. The van der Waals surface area contributed by atoms with Crippen molar-refractivity contribution in [3.8, 4) is 11.4 Å². The smallest absolute Gasteiger partial charge is 0.224 e. The van der Waals surface area contributed by atoms with Gasteiger partial charge in [-0.25, -0.2) is 9.07 Å². The zero-order chi connectivity index (χ0) is 18.1. The molecule has 4 rings (SSSR count). The maximum absolute atomic E-state index is 14.1. The number of pyridine rings is 1. The Balaban J connectivity index is 1.85. The Hall–Kier alpha value is -3.28. The lowest BCUT2D eigenvalue weighted by molar-refractivity contribution is 0.629. The minimum absolute atomic E-state index is 0.327. The molecule has 0 aliphatic heterocycles. The van der Waals surface area contributed by atoms with E-state index in [1.807, 2.05) is 60.1 Å². The Morgan fingerprint density at radius 1 is 1.04 bits per heavy atom. The van der Waals surface area contributed by atoms with Gasteiger partial charge in [0.2, 0.25) is 5.95 Å². The van der Waals surface area contributed by atoms with E-state index >= 15 is 0 Å². The average molecular weight is 347 g/mol. The third kappa shape index (κ3) is 3.01. The number of aromatic nitrogens is 4. The van der Waals surface area contributed by atoms with Crippen LogP contribution in [0.3, 0.4) is 0 Å². The second-order valence-corrected chi connectivity index (χ2v) is 6.30. The fourth-order valence-corrected chi connectivity index (χ4v) is 2.97. The number of hydrogen-bond donors (Lipinski definition) is 0. The predicted octanol–water partition coefficient (Wildman–Crippen LogP) is 3.75. The van der Waals surface area contributed by atoms with Crippen LogP contribution in [-0.2, 0) is 6.54 Å². The summed E-state index contributed by atoms with van der Waals surface area (Å²) in [5.41, 5.74) is 2.40. The molecule has 0 aliphatic rings. The van der Waals surface area contributed by atoms with Gasteiger partial charge in [-0.2, -0.15) is 4.98 Å². The lowest BCUT2D eigenvalue weighted by Crippen LogP contribution is -2.16. The molecule has 2 aromatic carbocycles. The minimum Gasteiger partial charge on any atom is -0.347 e. The van der Waals surface area contributed by atoms with Gasteiger partial charge in [-0.1, -0.05) is 36.4 Å². The molecule has 130 valence electrons. The first-order chi connectivity index (χ1) is 12.6. The maximum Gasteiger partial charge on any atom is 0.224 e. The summed E-state index contributed by atoms with van der Waals surface area (Å²) in [5.74, 6) is 0.844. The molecule has 0 unspecified atom stereocenters. The van der Waals surface area contributed by atoms with Crippen molar-refractivity contribution in [1.82, 2.24) is 19.7 Å². The Bertz CT molecular complexity index is 1060. The molecule has 0 saturated carbocycles. The minimum atomic E-state index is -0.327. The molecular formula is C20H18FN5. The summed E-state index contributed by atoms with van der Waals surface area (Å²) in [7, 11) is 3.83. The van der Waals surface area contributed by atoms with Crippen molar-refractivity contribution < 1.29 is 4.39 Å². The molecule has 0 aliphatic carbocycles. The summed E-state index contributed by atoms with van der Waals surface area (Å²) in [6.07, 6.45) is 1.69. The number of nitrogens with zero attached hydrogens (tertiary/aromatic N) is 5.